The zero-order valence-corrected chi connectivity index (χ0v) is 14.7. The van der Waals surface area contributed by atoms with E-state index in [9.17, 15) is 13.2 Å². The van der Waals surface area contributed by atoms with Crippen molar-refractivity contribution >= 4 is 27.3 Å². The lowest BCUT2D eigenvalue weighted by Gasteiger charge is -2.12. The number of thiophene rings is 1. The van der Waals surface area contributed by atoms with E-state index in [1.54, 1.807) is 11.3 Å². The second kappa shape index (κ2) is 7.72. The summed E-state index contributed by atoms with van der Waals surface area (Å²) < 4.78 is 26.9. The molecule has 1 unspecified atom stereocenters. The van der Waals surface area contributed by atoms with E-state index < -0.39 is 10.0 Å². The molecule has 5 nitrogen and oxygen atoms in total. The summed E-state index contributed by atoms with van der Waals surface area (Å²) in [6.45, 7) is 4.18. The molecule has 124 valence electrons. The van der Waals surface area contributed by atoms with Crippen LogP contribution in [-0.4, -0.2) is 20.4 Å². The highest BCUT2D eigenvalue weighted by Crippen LogP contribution is 2.12. The Morgan fingerprint density at radius 1 is 1.22 bits per heavy atom. The summed E-state index contributed by atoms with van der Waals surface area (Å²) in [4.78, 5) is 13.3. The van der Waals surface area contributed by atoms with Crippen molar-refractivity contribution in [1.82, 2.24) is 10.0 Å². The molecule has 0 spiro atoms. The fourth-order valence-corrected chi connectivity index (χ4v) is 3.86. The molecular formula is C16H20N2O3S2. The molecule has 1 amide bonds. The minimum Gasteiger partial charge on any atom is -0.347 e. The van der Waals surface area contributed by atoms with E-state index in [0.29, 0.717) is 18.5 Å². The van der Waals surface area contributed by atoms with Gasteiger partial charge in [0.25, 0.3) is 5.91 Å². The van der Waals surface area contributed by atoms with Gasteiger partial charge in [0.1, 0.15) is 0 Å². The molecule has 0 aliphatic rings. The van der Waals surface area contributed by atoms with E-state index in [4.69, 9.17) is 0 Å². The van der Waals surface area contributed by atoms with Crippen LogP contribution in [0.15, 0.2) is 46.7 Å². The van der Waals surface area contributed by atoms with E-state index >= 15 is 0 Å². The Bertz CT molecular complexity index is 738. The highest BCUT2D eigenvalue weighted by Gasteiger charge is 2.17. The summed E-state index contributed by atoms with van der Waals surface area (Å²) in [5.41, 5.74) is 0.434. The fraction of sp³-hybridized carbons (Fsp3) is 0.312. The molecular weight excluding hydrogens is 332 g/mol. The molecule has 23 heavy (non-hydrogen) atoms. The number of rotatable bonds is 7. The van der Waals surface area contributed by atoms with Crippen molar-refractivity contribution in [3.05, 3.63) is 52.2 Å². The number of carbonyl (C=O) groups excluding carboxylic acids is 1. The second-order valence-electron chi connectivity index (χ2n) is 5.22. The maximum absolute atomic E-state index is 12.2. The number of nitrogens with one attached hydrogen (secondary N) is 2. The normalized spacial score (nSPS) is 12.8. The Morgan fingerprint density at radius 3 is 2.48 bits per heavy atom. The molecule has 1 aromatic heterocycles. The summed E-state index contributed by atoms with van der Waals surface area (Å²) in [5, 5.41) is 4.76. The molecule has 1 atom stereocenters. The molecule has 2 rings (SSSR count). The predicted octanol–water partition coefficient (Wildman–Crippen LogP) is 2.75. The van der Waals surface area contributed by atoms with Gasteiger partial charge in [-0.1, -0.05) is 13.0 Å². The van der Waals surface area contributed by atoms with Crippen LogP contribution in [-0.2, 0) is 16.6 Å². The van der Waals surface area contributed by atoms with Gasteiger partial charge in [0, 0.05) is 16.5 Å². The van der Waals surface area contributed by atoms with E-state index in [0.717, 1.165) is 4.88 Å². The highest BCUT2D eigenvalue weighted by atomic mass is 32.2. The van der Waals surface area contributed by atoms with Crippen molar-refractivity contribution < 1.29 is 13.2 Å². The molecule has 0 saturated carbocycles. The molecule has 0 aliphatic carbocycles. The third-order valence-electron chi connectivity index (χ3n) is 3.40. The van der Waals surface area contributed by atoms with E-state index in [1.807, 2.05) is 31.4 Å². The lowest BCUT2D eigenvalue weighted by molar-refractivity contribution is 0.0951. The van der Waals surface area contributed by atoms with Crippen LogP contribution in [0.5, 0.6) is 0 Å². The number of amides is 1. The minimum absolute atomic E-state index is 0.131. The van der Waals surface area contributed by atoms with Crippen LogP contribution in [0.25, 0.3) is 0 Å². The Morgan fingerprint density at radius 2 is 1.91 bits per heavy atom. The molecule has 2 aromatic rings. The van der Waals surface area contributed by atoms with Crippen LogP contribution < -0.4 is 10.0 Å². The number of hydrogen-bond acceptors (Lipinski definition) is 4. The van der Waals surface area contributed by atoms with Crippen molar-refractivity contribution in [2.45, 2.75) is 37.8 Å². The van der Waals surface area contributed by atoms with Crippen LogP contribution >= 0.6 is 11.3 Å². The fourth-order valence-electron chi connectivity index (χ4n) is 1.88. The maximum Gasteiger partial charge on any atom is 0.251 e. The Hall–Kier alpha value is -1.70. The molecule has 0 aliphatic heterocycles. The zero-order chi connectivity index (χ0) is 16.9. The Balaban J connectivity index is 2.02. The minimum atomic E-state index is -3.54. The van der Waals surface area contributed by atoms with Gasteiger partial charge in [-0.2, -0.15) is 0 Å². The van der Waals surface area contributed by atoms with Crippen molar-refractivity contribution in [2.75, 3.05) is 0 Å². The molecule has 0 saturated heterocycles. The average molecular weight is 352 g/mol. The van der Waals surface area contributed by atoms with Gasteiger partial charge >= 0.3 is 0 Å². The molecule has 0 fully saturated rings. The maximum atomic E-state index is 12.2. The smallest absolute Gasteiger partial charge is 0.251 e. The Kier molecular flexibility index (Phi) is 5.92. The van der Waals surface area contributed by atoms with Gasteiger partial charge in [-0.05, 0) is 49.1 Å². The van der Waals surface area contributed by atoms with Crippen molar-refractivity contribution in [1.29, 1.82) is 0 Å². The van der Waals surface area contributed by atoms with E-state index in [2.05, 4.69) is 10.0 Å². The molecule has 0 radical (unpaired) electrons. The SMILES string of the molecule is CCC(C)NS(=O)(=O)c1ccc(C(=O)NCc2cccs2)cc1. The molecule has 0 bridgehead atoms. The number of benzene rings is 1. The first kappa shape index (κ1) is 17.7. The zero-order valence-electron chi connectivity index (χ0n) is 13.1. The topological polar surface area (TPSA) is 75.3 Å². The standard InChI is InChI=1S/C16H20N2O3S2/c1-3-12(2)18-23(20,21)15-8-6-13(7-9-15)16(19)17-11-14-5-4-10-22-14/h4-10,12,18H,3,11H2,1-2H3,(H,17,19). The third kappa shape index (κ3) is 4.89. The summed E-state index contributed by atoms with van der Waals surface area (Å²) in [5.74, 6) is -0.225. The van der Waals surface area contributed by atoms with Gasteiger partial charge < -0.3 is 5.32 Å². The quantitative estimate of drug-likeness (QED) is 0.804. The van der Waals surface area contributed by atoms with Gasteiger partial charge in [0.05, 0.1) is 11.4 Å². The van der Waals surface area contributed by atoms with Crippen molar-refractivity contribution in [2.24, 2.45) is 0 Å². The van der Waals surface area contributed by atoms with Crippen LogP contribution in [0.2, 0.25) is 0 Å². The number of hydrogen-bond donors (Lipinski definition) is 2. The predicted molar refractivity (Wildman–Crippen MR) is 92.0 cm³/mol. The van der Waals surface area contributed by atoms with Gasteiger partial charge in [-0.25, -0.2) is 13.1 Å². The van der Waals surface area contributed by atoms with Crippen LogP contribution in [0.1, 0.15) is 35.5 Å². The second-order valence-corrected chi connectivity index (χ2v) is 7.96. The van der Waals surface area contributed by atoms with Gasteiger partial charge in [0.2, 0.25) is 10.0 Å². The van der Waals surface area contributed by atoms with E-state index in [1.165, 1.54) is 24.3 Å². The van der Waals surface area contributed by atoms with Crippen molar-refractivity contribution in [3.63, 3.8) is 0 Å². The summed E-state index contributed by atoms with van der Waals surface area (Å²) in [6, 6.07) is 9.69. The van der Waals surface area contributed by atoms with Gasteiger partial charge in [0.15, 0.2) is 0 Å². The summed E-state index contributed by atoms with van der Waals surface area (Å²) >= 11 is 1.57. The first-order valence-corrected chi connectivity index (χ1v) is 9.71. The molecule has 7 heteroatoms. The molecule has 1 aromatic carbocycles. The first-order valence-electron chi connectivity index (χ1n) is 7.35. The van der Waals surface area contributed by atoms with Gasteiger partial charge in [-0.3, -0.25) is 4.79 Å². The largest absolute Gasteiger partial charge is 0.347 e. The lowest BCUT2D eigenvalue weighted by Crippen LogP contribution is -2.32. The summed E-state index contributed by atoms with van der Waals surface area (Å²) in [6.07, 6.45) is 0.711. The summed E-state index contributed by atoms with van der Waals surface area (Å²) in [7, 11) is -3.54. The first-order chi connectivity index (χ1) is 10.9. The van der Waals surface area contributed by atoms with Crippen LogP contribution in [0, 0.1) is 0 Å². The Labute approximate surface area is 140 Å². The number of carbonyl (C=O) groups is 1. The number of sulfonamides is 1. The lowest BCUT2D eigenvalue weighted by atomic mass is 10.2. The molecule has 1 heterocycles. The van der Waals surface area contributed by atoms with Gasteiger partial charge in [-0.15, -0.1) is 11.3 Å². The third-order valence-corrected chi connectivity index (χ3v) is 5.88. The van der Waals surface area contributed by atoms with E-state index in [-0.39, 0.29) is 16.8 Å². The van der Waals surface area contributed by atoms with Crippen molar-refractivity contribution in [3.8, 4) is 0 Å². The van der Waals surface area contributed by atoms with Crippen LogP contribution in [0.4, 0.5) is 0 Å². The van der Waals surface area contributed by atoms with Crippen LogP contribution in [0.3, 0.4) is 0 Å². The monoisotopic (exact) mass is 352 g/mol. The highest BCUT2D eigenvalue weighted by molar-refractivity contribution is 7.89. The average Bonchev–Trinajstić information content (AvgIpc) is 3.05. The molecule has 2 N–H and O–H groups in total.